The number of hydrogen-bond acceptors (Lipinski definition) is 6. The van der Waals surface area contributed by atoms with Crippen molar-refractivity contribution in [2.45, 2.75) is 33.4 Å². The Bertz CT molecular complexity index is 668. The van der Waals surface area contributed by atoms with Gasteiger partial charge in [0.2, 0.25) is 0 Å². The first-order valence-electron chi connectivity index (χ1n) is 6.88. The lowest BCUT2D eigenvalue weighted by molar-refractivity contribution is 0.197. The normalized spacial score (nSPS) is 13.6. The van der Waals surface area contributed by atoms with Crippen molar-refractivity contribution in [2.24, 2.45) is 0 Å². The number of rotatable bonds is 8. The van der Waals surface area contributed by atoms with E-state index in [1.807, 2.05) is 0 Å². The van der Waals surface area contributed by atoms with Crippen LogP contribution in [0.1, 0.15) is 19.4 Å². The maximum atomic E-state index is 12.2. The molecule has 8 nitrogen and oxygen atoms in total. The van der Waals surface area contributed by atoms with Crippen molar-refractivity contribution in [3.63, 3.8) is 0 Å². The minimum Gasteiger partial charge on any atom is -0.387 e. The molecule has 1 aromatic heterocycles. The Morgan fingerprint density at radius 1 is 1.36 bits per heavy atom. The number of aromatic amines is 1. The summed E-state index contributed by atoms with van der Waals surface area (Å²) in [7, 11) is -3.39. The molecule has 0 radical (unpaired) electrons. The van der Waals surface area contributed by atoms with E-state index in [0.29, 0.717) is 5.56 Å². The number of aliphatic hydroxyl groups is 1. The predicted octanol–water partition coefficient (Wildman–Crippen LogP) is 0.986. The van der Waals surface area contributed by atoms with Gasteiger partial charge in [0.15, 0.2) is 0 Å². The smallest absolute Gasteiger partial charge is 0.353 e. The molecular weight excluding hydrogens is 311 g/mol. The fourth-order valence-corrected chi connectivity index (χ4v) is 3.08. The van der Waals surface area contributed by atoms with Crippen LogP contribution in [0.3, 0.4) is 0 Å². The van der Waals surface area contributed by atoms with Crippen LogP contribution >= 0.6 is 7.60 Å². The van der Waals surface area contributed by atoms with Crippen LogP contribution in [0.4, 0.5) is 0 Å². The molecule has 1 aromatic rings. The lowest BCUT2D eigenvalue weighted by Gasteiger charge is -2.14. The molecule has 0 aliphatic carbocycles. The molecule has 124 valence electrons. The van der Waals surface area contributed by atoms with Crippen molar-refractivity contribution in [1.82, 2.24) is 9.55 Å². The lowest BCUT2D eigenvalue weighted by atomic mass is 10.3. The number of aliphatic hydroxyl groups excluding tert-OH is 1. The van der Waals surface area contributed by atoms with Crippen LogP contribution in [0.5, 0.6) is 0 Å². The third-order valence-corrected chi connectivity index (χ3v) is 4.46. The van der Waals surface area contributed by atoms with Gasteiger partial charge < -0.3 is 14.2 Å². The van der Waals surface area contributed by atoms with Gasteiger partial charge in [-0.3, -0.25) is 18.9 Å². The van der Waals surface area contributed by atoms with Crippen LogP contribution in [0.2, 0.25) is 0 Å². The molecule has 9 heteroatoms. The molecule has 0 saturated carbocycles. The third-order valence-electron chi connectivity index (χ3n) is 2.68. The summed E-state index contributed by atoms with van der Waals surface area (Å²) in [6, 6.07) is 0. The fourth-order valence-electron chi connectivity index (χ4n) is 1.70. The lowest BCUT2D eigenvalue weighted by Crippen LogP contribution is -2.33. The number of nitrogens with zero attached hydrogens (tertiary/aromatic N) is 1. The summed E-state index contributed by atoms with van der Waals surface area (Å²) in [6.45, 7) is 5.23. The maximum Gasteiger partial charge on any atom is 0.353 e. The van der Waals surface area contributed by atoms with Gasteiger partial charge in [-0.05, 0) is 26.8 Å². The highest BCUT2D eigenvalue weighted by molar-refractivity contribution is 7.57. The Morgan fingerprint density at radius 3 is 2.50 bits per heavy atom. The van der Waals surface area contributed by atoms with Crippen molar-refractivity contribution in [3.8, 4) is 0 Å². The summed E-state index contributed by atoms with van der Waals surface area (Å²) in [4.78, 5) is 25.0. The maximum absolute atomic E-state index is 12.2. The Kier molecular flexibility index (Phi) is 6.96. The summed E-state index contributed by atoms with van der Waals surface area (Å²) in [6.07, 6.45) is 1.51. The third kappa shape index (κ3) is 5.38. The molecule has 1 atom stereocenters. The number of aryl methyl sites for hydroxylation is 1. The van der Waals surface area contributed by atoms with Gasteiger partial charge >= 0.3 is 13.3 Å². The van der Waals surface area contributed by atoms with Gasteiger partial charge in [-0.15, -0.1) is 0 Å². The van der Waals surface area contributed by atoms with E-state index in [1.165, 1.54) is 18.1 Å². The average molecular weight is 332 g/mol. The summed E-state index contributed by atoms with van der Waals surface area (Å²) in [5, 5.41) is 9.92. The molecule has 0 spiro atoms. The molecule has 22 heavy (non-hydrogen) atoms. The molecule has 1 heterocycles. The molecule has 1 unspecified atom stereocenters. The van der Waals surface area contributed by atoms with Crippen molar-refractivity contribution in [1.29, 1.82) is 0 Å². The zero-order chi connectivity index (χ0) is 16.8. The molecule has 1 rings (SSSR count). The number of H-pyrrole nitrogens is 1. The van der Waals surface area contributed by atoms with Gasteiger partial charge in [0, 0.05) is 17.6 Å². The first-order chi connectivity index (χ1) is 10.3. The van der Waals surface area contributed by atoms with E-state index in [0.717, 1.165) is 4.57 Å². The highest BCUT2D eigenvalue weighted by atomic mass is 31.2. The summed E-state index contributed by atoms with van der Waals surface area (Å²) in [5.74, 6) is 1.17. The van der Waals surface area contributed by atoms with Crippen LogP contribution < -0.4 is 11.2 Å². The van der Waals surface area contributed by atoms with Crippen LogP contribution in [0.25, 0.3) is 0 Å². The van der Waals surface area contributed by atoms with E-state index in [2.05, 4.69) is 4.98 Å². The molecule has 0 fully saturated rings. The number of nitrogens with one attached hydrogen (secondary N) is 1. The van der Waals surface area contributed by atoms with Gasteiger partial charge in [-0.25, -0.2) is 4.79 Å². The summed E-state index contributed by atoms with van der Waals surface area (Å²) >= 11 is 0. The van der Waals surface area contributed by atoms with E-state index in [4.69, 9.17) is 9.05 Å². The van der Waals surface area contributed by atoms with Crippen LogP contribution in [-0.4, -0.2) is 34.0 Å². The zero-order valence-corrected chi connectivity index (χ0v) is 13.7. The molecule has 0 saturated heterocycles. The van der Waals surface area contributed by atoms with Crippen LogP contribution in [-0.2, 0) is 20.2 Å². The summed E-state index contributed by atoms with van der Waals surface area (Å²) < 4.78 is 23.4. The van der Waals surface area contributed by atoms with Crippen LogP contribution in [0.15, 0.2) is 27.7 Å². The van der Waals surface area contributed by atoms with Gasteiger partial charge in [-0.1, -0.05) is 0 Å². The quantitative estimate of drug-likeness (QED) is 0.687. The monoisotopic (exact) mass is 332 g/mol. The topological polar surface area (TPSA) is 111 Å². The molecule has 0 bridgehead atoms. The van der Waals surface area contributed by atoms with Gasteiger partial charge in [0.05, 0.1) is 25.9 Å². The number of aromatic nitrogens is 2. The zero-order valence-electron chi connectivity index (χ0n) is 12.8. The molecule has 2 N–H and O–H groups in total. The second-order valence-electron chi connectivity index (χ2n) is 4.51. The largest absolute Gasteiger partial charge is 0.387 e. The van der Waals surface area contributed by atoms with E-state index >= 15 is 0 Å². The fraction of sp³-hybridized carbons (Fsp3) is 0.538. The molecule has 0 aliphatic rings. The number of hydrogen-bond donors (Lipinski definition) is 2. The van der Waals surface area contributed by atoms with E-state index < -0.39 is 24.9 Å². The standard InChI is InChI=1S/C13H21N2O6P/c1-4-20-22(19,21-5-2)7-6-11(16)9-15-8-10(3)12(17)14-13(15)18/h6-8,11,16H,4-5,9H2,1-3H3,(H,14,17,18). The first-order valence-corrected chi connectivity index (χ1v) is 8.49. The van der Waals surface area contributed by atoms with Crippen molar-refractivity contribution in [3.05, 3.63) is 44.5 Å². The first kappa shape index (κ1) is 18.6. The van der Waals surface area contributed by atoms with Crippen molar-refractivity contribution >= 4 is 7.60 Å². The molecule has 0 aromatic carbocycles. The average Bonchev–Trinajstić information content (AvgIpc) is 2.43. The minimum atomic E-state index is -3.39. The SMILES string of the molecule is CCOP(=O)(C=CC(O)Cn1cc(C)c(=O)[nH]c1=O)OCC. The van der Waals surface area contributed by atoms with Gasteiger partial charge in [0.25, 0.3) is 5.56 Å². The molecule has 0 aliphatic heterocycles. The second-order valence-corrected chi connectivity index (χ2v) is 6.40. The Hall–Kier alpha value is -1.47. The van der Waals surface area contributed by atoms with E-state index in [-0.39, 0.29) is 19.8 Å². The van der Waals surface area contributed by atoms with Gasteiger partial charge in [-0.2, -0.15) is 0 Å². The van der Waals surface area contributed by atoms with E-state index in [1.54, 1.807) is 20.8 Å². The Labute approximate surface area is 127 Å². The van der Waals surface area contributed by atoms with Gasteiger partial charge in [0.1, 0.15) is 0 Å². The molecule has 0 amide bonds. The second kappa shape index (κ2) is 8.24. The van der Waals surface area contributed by atoms with Crippen molar-refractivity contribution < 1.29 is 18.7 Å². The van der Waals surface area contributed by atoms with Crippen molar-refractivity contribution in [2.75, 3.05) is 13.2 Å². The summed E-state index contributed by atoms with van der Waals surface area (Å²) in [5.41, 5.74) is -0.741. The van der Waals surface area contributed by atoms with Crippen LogP contribution in [0, 0.1) is 6.92 Å². The molecular formula is C13H21N2O6P. The minimum absolute atomic E-state index is 0.0921. The predicted molar refractivity (Wildman–Crippen MR) is 82.1 cm³/mol. The van der Waals surface area contributed by atoms with E-state index in [9.17, 15) is 19.3 Å². The Morgan fingerprint density at radius 2 is 1.95 bits per heavy atom. The highest BCUT2D eigenvalue weighted by Gasteiger charge is 2.19. The Balaban J connectivity index is 2.85. The highest BCUT2D eigenvalue weighted by Crippen LogP contribution is 2.49.